The zero-order valence-electron chi connectivity index (χ0n) is 10.0. The van der Waals surface area contributed by atoms with Crippen LogP contribution in [0, 0.1) is 0 Å². The van der Waals surface area contributed by atoms with Crippen molar-refractivity contribution >= 4 is 0 Å². The molecule has 0 aromatic heterocycles. The van der Waals surface area contributed by atoms with Crippen LogP contribution in [0.25, 0.3) is 0 Å². The van der Waals surface area contributed by atoms with Crippen molar-refractivity contribution in [2.75, 3.05) is 0 Å². The minimum atomic E-state index is -1.60. The Morgan fingerprint density at radius 1 is 0.750 bits per heavy atom. The van der Waals surface area contributed by atoms with Gasteiger partial charge in [0, 0.05) is 0 Å². The fourth-order valence-corrected chi connectivity index (χ4v) is 0.742. The molecule has 16 heavy (non-hydrogen) atoms. The van der Waals surface area contributed by atoms with E-state index >= 15 is 0 Å². The van der Waals surface area contributed by atoms with Crippen molar-refractivity contribution in [1.82, 2.24) is 0 Å². The van der Waals surface area contributed by atoms with Gasteiger partial charge in [-0.25, -0.2) is 12.6 Å². The van der Waals surface area contributed by atoms with Crippen molar-refractivity contribution in [1.29, 1.82) is 0 Å². The summed E-state index contributed by atoms with van der Waals surface area (Å²) in [6, 6.07) is 0. The van der Waals surface area contributed by atoms with Crippen LogP contribution in [0.4, 0.5) is 0 Å². The van der Waals surface area contributed by atoms with Crippen LogP contribution < -0.4 is 20.4 Å². The third-order valence-electron chi connectivity index (χ3n) is 1.59. The average Bonchev–Trinajstić information content (AvgIpc) is 2.12. The molecule has 0 radical (unpaired) electrons. The standard InChI is InChI=1S/2C5H10O2.H2O.Ti/c2*1-2-3-4-5(6)7;;/h2*5H,2-4H2,1H3;1H2;/q2*-2;;+4. The van der Waals surface area contributed by atoms with Gasteiger partial charge in [0.2, 0.25) is 0 Å². The van der Waals surface area contributed by atoms with E-state index in [9.17, 15) is 20.4 Å². The SMILES string of the molecule is CCCCC([O-])[O-].CCCCC([O-])[O-].O.[Ti+4]. The van der Waals surface area contributed by atoms with Crippen LogP contribution in [-0.2, 0) is 21.7 Å². The number of unbranched alkanes of at least 4 members (excludes halogenated alkanes) is 2. The Kier molecular flexibility index (Phi) is 33.1. The summed E-state index contributed by atoms with van der Waals surface area (Å²) in [6.07, 6.45) is 0.824. The molecule has 0 bridgehead atoms. The summed E-state index contributed by atoms with van der Waals surface area (Å²) in [5, 5.41) is 38.9. The fraction of sp³-hybridized carbons (Fsp3) is 1.00. The first-order valence-electron chi connectivity index (χ1n) is 5.17. The van der Waals surface area contributed by atoms with Gasteiger partial charge in [0.05, 0.1) is 0 Å². The molecule has 0 rings (SSSR count). The Morgan fingerprint density at radius 3 is 1.06 bits per heavy atom. The maximum atomic E-state index is 9.73. The van der Waals surface area contributed by atoms with Gasteiger partial charge in [-0.2, -0.15) is 0 Å². The van der Waals surface area contributed by atoms with E-state index in [-0.39, 0.29) is 40.0 Å². The van der Waals surface area contributed by atoms with Crippen molar-refractivity contribution in [2.45, 2.75) is 65.0 Å². The second-order valence-corrected chi connectivity index (χ2v) is 3.14. The molecule has 0 aliphatic carbocycles. The van der Waals surface area contributed by atoms with Crippen molar-refractivity contribution < 1.29 is 47.6 Å². The normalized spacial score (nSPS) is 9.00. The van der Waals surface area contributed by atoms with Crippen molar-refractivity contribution in [3.05, 3.63) is 0 Å². The Balaban J connectivity index is -0.0000000800. The molecule has 0 aliphatic heterocycles. The Morgan fingerprint density at radius 2 is 1.00 bits per heavy atom. The van der Waals surface area contributed by atoms with E-state index in [2.05, 4.69) is 0 Å². The predicted octanol–water partition coefficient (Wildman–Crippen LogP) is -2.38. The van der Waals surface area contributed by atoms with Crippen molar-refractivity contribution in [2.24, 2.45) is 0 Å². The zero-order valence-corrected chi connectivity index (χ0v) is 11.6. The van der Waals surface area contributed by atoms with Crippen molar-refractivity contribution in [3.8, 4) is 0 Å². The average molecular weight is 270 g/mol. The third kappa shape index (κ3) is 36.6. The van der Waals surface area contributed by atoms with Gasteiger partial charge in [-0.15, -0.1) is 0 Å². The summed E-state index contributed by atoms with van der Waals surface area (Å²) >= 11 is 0. The largest absolute Gasteiger partial charge is 4.00 e. The third-order valence-corrected chi connectivity index (χ3v) is 1.59. The summed E-state index contributed by atoms with van der Waals surface area (Å²) in [4.78, 5) is 0. The number of hydrogen-bond donors (Lipinski definition) is 0. The molecule has 0 aromatic carbocycles. The van der Waals surface area contributed by atoms with Gasteiger partial charge in [0.15, 0.2) is 0 Å². The van der Waals surface area contributed by atoms with Crippen LogP contribution in [0.3, 0.4) is 0 Å². The molecule has 0 aromatic rings. The van der Waals surface area contributed by atoms with Crippen LogP contribution in [-0.4, -0.2) is 18.1 Å². The first-order chi connectivity index (χ1) is 6.54. The summed E-state index contributed by atoms with van der Waals surface area (Å²) in [6.45, 7) is 3.92. The summed E-state index contributed by atoms with van der Waals surface area (Å²) in [5.41, 5.74) is 0. The van der Waals surface area contributed by atoms with Crippen LogP contribution >= 0.6 is 0 Å². The predicted molar refractivity (Wildman–Crippen MR) is 50.2 cm³/mol. The molecule has 6 heteroatoms. The molecular formula is C10H22O5Ti. The van der Waals surface area contributed by atoms with Crippen molar-refractivity contribution in [3.63, 3.8) is 0 Å². The maximum absolute atomic E-state index is 9.73. The molecular weight excluding hydrogens is 248 g/mol. The summed E-state index contributed by atoms with van der Waals surface area (Å²) in [5.74, 6) is 0. The quantitative estimate of drug-likeness (QED) is 0.394. The Labute approximate surface area is 113 Å². The first kappa shape index (κ1) is 25.4. The minimum Gasteiger partial charge on any atom is -0.865 e. The van der Waals surface area contributed by atoms with Gasteiger partial charge >= 0.3 is 21.7 Å². The smallest absolute Gasteiger partial charge is 0.865 e. The zero-order chi connectivity index (χ0) is 11.4. The topological polar surface area (TPSA) is 124 Å². The summed E-state index contributed by atoms with van der Waals surface area (Å²) < 4.78 is 0. The number of hydrogen-bond acceptors (Lipinski definition) is 4. The van der Waals surface area contributed by atoms with E-state index in [1.807, 2.05) is 13.8 Å². The molecule has 5 nitrogen and oxygen atoms in total. The Hall–Kier alpha value is 0.514. The van der Waals surface area contributed by atoms with E-state index < -0.39 is 12.6 Å². The minimum absolute atomic E-state index is 0. The number of rotatable bonds is 6. The molecule has 0 saturated carbocycles. The van der Waals surface area contributed by atoms with Crippen LogP contribution in [0.2, 0.25) is 0 Å². The van der Waals surface area contributed by atoms with Crippen LogP contribution in [0.5, 0.6) is 0 Å². The van der Waals surface area contributed by atoms with E-state index in [0.717, 1.165) is 25.7 Å². The van der Waals surface area contributed by atoms with E-state index in [0.29, 0.717) is 0 Å². The molecule has 0 unspecified atom stereocenters. The maximum Gasteiger partial charge on any atom is 4.00 e. The van der Waals surface area contributed by atoms with Gasteiger partial charge in [-0.1, -0.05) is 52.4 Å². The molecule has 2 N–H and O–H groups in total. The van der Waals surface area contributed by atoms with Crippen LogP contribution in [0.15, 0.2) is 0 Å². The second kappa shape index (κ2) is 20.9. The van der Waals surface area contributed by atoms with Gasteiger partial charge in [0.1, 0.15) is 0 Å². The molecule has 0 aliphatic rings. The molecule has 0 spiro atoms. The molecule has 0 amide bonds. The van der Waals surface area contributed by atoms with E-state index in [1.54, 1.807) is 0 Å². The molecule has 0 heterocycles. The fourth-order valence-electron chi connectivity index (χ4n) is 0.742. The first-order valence-corrected chi connectivity index (χ1v) is 5.17. The van der Waals surface area contributed by atoms with Gasteiger partial charge < -0.3 is 25.9 Å². The van der Waals surface area contributed by atoms with Gasteiger partial charge in [0.25, 0.3) is 0 Å². The van der Waals surface area contributed by atoms with E-state index in [1.165, 1.54) is 0 Å². The summed E-state index contributed by atoms with van der Waals surface area (Å²) in [7, 11) is 0. The second-order valence-electron chi connectivity index (χ2n) is 3.14. The molecule has 0 fully saturated rings. The monoisotopic (exact) mass is 270 g/mol. The van der Waals surface area contributed by atoms with Crippen LogP contribution in [0.1, 0.15) is 52.4 Å². The molecule has 0 atom stereocenters. The molecule has 0 saturated heterocycles. The molecule has 96 valence electrons. The Bertz CT molecular complexity index is 89.2. The van der Waals surface area contributed by atoms with Gasteiger partial charge in [-0.3, -0.25) is 0 Å². The van der Waals surface area contributed by atoms with Gasteiger partial charge in [-0.05, 0) is 0 Å². The van der Waals surface area contributed by atoms with E-state index in [4.69, 9.17) is 0 Å².